The van der Waals surface area contributed by atoms with Gasteiger partial charge < -0.3 is 15.3 Å². The second-order valence-corrected chi connectivity index (χ2v) is 7.58. The number of phenols is 1. The number of pyridine rings is 1. The Hall–Kier alpha value is -3.70. The van der Waals surface area contributed by atoms with Crippen molar-refractivity contribution < 1.29 is 14.7 Å². The molecule has 0 saturated heterocycles. The number of benzene rings is 2. The Bertz CT molecular complexity index is 1160. The number of nitriles is 1. The van der Waals surface area contributed by atoms with Crippen LogP contribution in [0.3, 0.4) is 0 Å². The van der Waals surface area contributed by atoms with Crippen LogP contribution in [0.4, 0.5) is 5.69 Å². The number of carbonyl (C=O) groups is 1. The molecule has 1 amide bonds. The van der Waals surface area contributed by atoms with Crippen molar-refractivity contribution >= 4 is 34.3 Å². The van der Waals surface area contributed by atoms with Gasteiger partial charge in [0.05, 0.1) is 17.7 Å². The summed E-state index contributed by atoms with van der Waals surface area (Å²) in [6.07, 6.45) is 4.43. The second-order valence-electron chi connectivity index (χ2n) is 7.58. The molecule has 0 saturated carbocycles. The molecule has 0 radical (unpaired) electrons. The summed E-state index contributed by atoms with van der Waals surface area (Å²) in [4.78, 5) is 21.9. The molecule has 168 valence electrons. The molecule has 0 bridgehead atoms. The topological polar surface area (TPSA) is 108 Å². The van der Waals surface area contributed by atoms with E-state index in [2.05, 4.69) is 21.5 Å². The van der Waals surface area contributed by atoms with Crippen molar-refractivity contribution in [1.82, 2.24) is 4.98 Å². The van der Waals surface area contributed by atoms with Gasteiger partial charge in [0.15, 0.2) is 0 Å². The van der Waals surface area contributed by atoms with Gasteiger partial charge in [0.25, 0.3) is 5.91 Å². The summed E-state index contributed by atoms with van der Waals surface area (Å²) in [5.74, 6) is -0.393. The number of amides is 1. The van der Waals surface area contributed by atoms with Gasteiger partial charge in [0, 0.05) is 30.1 Å². The fraction of sp³-hybridized carbons (Fsp3) is 0.200. The predicted molar refractivity (Wildman–Crippen MR) is 130 cm³/mol. The summed E-state index contributed by atoms with van der Waals surface area (Å²) in [6, 6.07) is 20.3. The number of carbonyl (C=O) groups excluding carboxylic acids is 1. The zero-order chi connectivity index (χ0) is 22.3. The number of hydrogen-bond donors (Lipinski definition) is 2. The molecular weight excluding hydrogens is 484 g/mol. The lowest BCUT2D eigenvalue weighted by Crippen LogP contribution is -2.28. The predicted octanol–water partition coefficient (Wildman–Crippen LogP) is 4.74. The van der Waals surface area contributed by atoms with Crippen LogP contribution in [0.25, 0.3) is 0 Å². The standard InChI is InChI=1S/C25H22N4O3.BrH/c26-15-19(18-3-1-5-22(30)13-18)9-6-17-7-10-21(11-8-17)28-25(31)24-14-23(29-32-24)20-4-2-12-27-16-20;/h1-5,7-8,10-13,16,19,24,30H,6,9,14H2,(H,28,31);1H. The van der Waals surface area contributed by atoms with Gasteiger partial charge in [-0.25, -0.2) is 0 Å². The number of nitrogens with one attached hydrogen (secondary N) is 1. The van der Waals surface area contributed by atoms with E-state index in [0.717, 1.165) is 16.7 Å². The van der Waals surface area contributed by atoms with E-state index in [1.165, 1.54) is 0 Å². The van der Waals surface area contributed by atoms with E-state index in [-0.39, 0.29) is 34.6 Å². The first-order chi connectivity index (χ1) is 15.6. The largest absolute Gasteiger partial charge is 0.508 e. The third kappa shape index (κ3) is 6.18. The monoisotopic (exact) mass is 506 g/mol. The lowest BCUT2D eigenvalue weighted by molar-refractivity contribution is -0.125. The lowest BCUT2D eigenvalue weighted by Gasteiger charge is -2.12. The third-order valence-electron chi connectivity index (χ3n) is 5.33. The number of anilines is 1. The molecule has 1 aromatic heterocycles. The molecule has 2 atom stereocenters. The van der Waals surface area contributed by atoms with E-state index in [1.807, 2.05) is 42.5 Å². The van der Waals surface area contributed by atoms with Crippen LogP contribution in [0.2, 0.25) is 0 Å². The van der Waals surface area contributed by atoms with Crippen LogP contribution in [-0.4, -0.2) is 27.8 Å². The number of nitrogens with zero attached hydrogens (tertiary/aromatic N) is 3. The molecule has 2 aromatic carbocycles. The minimum absolute atomic E-state index is 0. The van der Waals surface area contributed by atoms with Crippen molar-refractivity contribution in [2.24, 2.45) is 5.16 Å². The second kappa shape index (κ2) is 11.2. The lowest BCUT2D eigenvalue weighted by atomic mass is 9.93. The average molecular weight is 507 g/mol. The van der Waals surface area contributed by atoms with Crippen LogP contribution >= 0.6 is 17.0 Å². The first kappa shape index (κ1) is 24.0. The molecule has 8 heteroatoms. The van der Waals surface area contributed by atoms with Crippen molar-refractivity contribution in [3.8, 4) is 11.8 Å². The van der Waals surface area contributed by atoms with Gasteiger partial charge in [-0.1, -0.05) is 29.4 Å². The molecule has 7 nitrogen and oxygen atoms in total. The molecular formula is C25H23BrN4O3. The zero-order valence-corrected chi connectivity index (χ0v) is 19.4. The van der Waals surface area contributed by atoms with Crippen molar-refractivity contribution in [3.05, 3.63) is 89.7 Å². The van der Waals surface area contributed by atoms with E-state index >= 15 is 0 Å². The molecule has 2 unspecified atom stereocenters. The Balaban J connectivity index is 0.00000306. The van der Waals surface area contributed by atoms with E-state index in [4.69, 9.17) is 4.84 Å². The molecule has 2 N–H and O–H groups in total. The first-order valence-electron chi connectivity index (χ1n) is 10.3. The van der Waals surface area contributed by atoms with E-state index in [1.54, 1.807) is 30.6 Å². The number of aromatic nitrogens is 1. The Kier molecular flexibility index (Phi) is 8.17. The fourth-order valence-electron chi connectivity index (χ4n) is 3.56. The molecule has 33 heavy (non-hydrogen) atoms. The molecule has 4 rings (SSSR count). The van der Waals surface area contributed by atoms with Crippen molar-refractivity contribution in [3.63, 3.8) is 0 Å². The minimum atomic E-state index is -0.677. The van der Waals surface area contributed by atoms with Crippen molar-refractivity contribution in [2.45, 2.75) is 31.3 Å². The van der Waals surface area contributed by atoms with Crippen LogP contribution in [0.5, 0.6) is 5.75 Å². The number of aryl methyl sites for hydroxylation is 1. The Morgan fingerprint density at radius 1 is 1.21 bits per heavy atom. The van der Waals surface area contributed by atoms with E-state index in [9.17, 15) is 15.2 Å². The highest BCUT2D eigenvalue weighted by Gasteiger charge is 2.29. The third-order valence-corrected chi connectivity index (χ3v) is 5.33. The van der Waals surface area contributed by atoms with Gasteiger partial charge in [0.2, 0.25) is 6.10 Å². The molecule has 3 aromatic rings. The highest BCUT2D eigenvalue weighted by molar-refractivity contribution is 8.93. The molecule has 1 aliphatic heterocycles. The normalized spacial score (nSPS) is 15.4. The Morgan fingerprint density at radius 2 is 2.03 bits per heavy atom. The molecule has 0 aliphatic carbocycles. The molecule has 0 fully saturated rings. The molecule has 0 spiro atoms. The van der Waals surface area contributed by atoms with Crippen molar-refractivity contribution in [2.75, 3.05) is 5.32 Å². The summed E-state index contributed by atoms with van der Waals surface area (Å²) in [5, 5.41) is 26.0. The number of rotatable bonds is 7. The van der Waals surface area contributed by atoms with Gasteiger partial charge in [-0.05, 0) is 60.4 Å². The maximum atomic E-state index is 12.5. The van der Waals surface area contributed by atoms with Crippen LogP contribution in [0.15, 0.2) is 78.2 Å². The smallest absolute Gasteiger partial charge is 0.268 e. The van der Waals surface area contributed by atoms with Gasteiger partial charge in [-0.2, -0.15) is 5.26 Å². The number of oxime groups is 1. The molecule has 1 aliphatic rings. The van der Waals surface area contributed by atoms with Gasteiger partial charge in [-0.3, -0.25) is 9.78 Å². The van der Waals surface area contributed by atoms with Crippen LogP contribution in [0.1, 0.15) is 35.4 Å². The highest BCUT2D eigenvalue weighted by Crippen LogP contribution is 2.25. The average Bonchev–Trinajstić information content (AvgIpc) is 3.32. The first-order valence-corrected chi connectivity index (χ1v) is 10.3. The maximum Gasteiger partial charge on any atom is 0.268 e. The highest BCUT2D eigenvalue weighted by atomic mass is 79.9. The maximum absolute atomic E-state index is 12.5. The van der Waals surface area contributed by atoms with Gasteiger partial charge in [-0.15, -0.1) is 17.0 Å². The number of aromatic hydroxyl groups is 1. The summed E-state index contributed by atoms with van der Waals surface area (Å²) < 4.78 is 0. The Labute approximate surface area is 202 Å². The summed E-state index contributed by atoms with van der Waals surface area (Å²) in [7, 11) is 0. The SMILES string of the molecule is Br.N#CC(CCc1ccc(NC(=O)C2CC(c3cccnc3)=NO2)cc1)c1cccc(O)c1. The quantitative estimate of drug-likeness (QED) is 0.481. The van der Waals surface area contributed by atoms with E-state index < -0.39 is 6.10 Å². The van der Waals surface area contributed by atoms with E-state index in [0.29, 0.717) is 30.7 Å². The van der Waals surface area contributed by atoms with Crippen LogP contribution < -0.4 is 5.32 Å². The molecule has 2 heterocycles. The van der Waals surface area contributed by atoms with Crippen LogP contribution in [0, 0.1) is 11.3 Å². The number of halogens is 1. The number of phenolic OH excluding ortho intramolecular Hbond substituents is 1. The van der Waals surface area contributed by atoms with Gasteiger partial charge >= 0.3 is 0 Å². The zero-order valence-electron chi connectivity index (χ0n) is 17.7. The summed E-state index contributed by atoms with van der Waals surface area (Å²) in [6.45, 7) is 0. The van der Waals surface area contributed by atoms with Crippen LogP contribution in [-0.2, 0) is 16.1 Å². The minimum Gasteiger partial charge on any atom is -0.508 e. The van der Waals surface area contributed by atoms with Gasteiger partial charge in [0.1, 0.15) is 5.75 Å². The Morgan fingerprint density at radius 3 is 2.73 bits per heavy atom. The van der Waals surface area contributed by atoms with Crippen molar-refractivity contribution in [1.29, 1.82) is 5.26 Å². The fourth-order valence-corrected chi connectivity index (χ4v) is 3.56. The number of hydrogen-bond acceptors (Lipinski definition) is 6. The summed E-state index contributed by atoms with van der Waals surface area (Å²) in [5.41, 5.74) is 4.08. The summed E-state index contributed by atoms with van der Waals surface area (Å²) >= 11 is 0.